The fraction of sp³-hybridized carbons (Fsp3) is 0.250. The molecule has 2 rings (SSSR count). The van der Waals surface area contributed by atoms with E-state index in [9.17, 15) is 9.50 Å². The standard InChI is InChI=1S/C16H17FO2/c17-16-9-5-4-8-15(16)14(10-18)12-19-11-13-6-2-1-3-7-13/h1-9,14,18H,10-12H2. The minimum atomic E-state index is -0.329. The van der Waals surface area contributed by atoms with E-state index in [1.807, 2.05) is 30.3 Å². The summed E-state index contributed by atoms with van der Waals surface area (Å²) >= 11 is 0. The second kappa shape index (κ2) is 7.02. The summed E-state index contributed by atoms with van der Waals surface area (Å²) in [6.45, 7) is 0.633. The lowest BCUT2D eigenvalue weighted by Crippen LogP contribution is -2.13. The molecule has 19 heavy (non-hydrogen) atoms. The van der Waals surface area contributed by atoms with Crippen molar-refractivity contribution in [1.29, 1.82) is 0 Å². The SMILES string of the molecule is OCC(COCc1ccccc1)c1ccccc1F. The van der Waals surface area contributed by atoms with Crippen molar-refractivity contribution in [3.05, 3.63) is 71.5 Å². The van der Waals surface area contributed by atoms with Crippen LogP contribution in [0.5, 0.6) is 0 Å². The van der Waals surface area contributed by atoms with E-state index >= 15 is 0 Å². The lowest BCUT2D eigenvalue weighted by Gasteiger charge is -2.15. The number of hydrogen-bond acceptors (Lipinski definition) is 2. The van der Waals surface area contributed by atoms with E-state index in [4.69, 9.17) is 4.74 Å². The summed E-state index contributed by atoms with van der Waals surface area (Å²) in [6, 6.07) is 16.2. The third-order valence-electron chi connectivity index (χ3n) is 3.00. The molecular formula is C16H17FO2. The molecule has 0 spiro atoms. The van der Waals surface area contributed by atoms with Gasteiger partial charge in [0.15, 0.2) is 0 Å². The first-order chi connectivity index (χ1) is 9.31. The average Bonchev–Trinajstić information content (AvgIpc) is 2.46. The van der Waals surface area contributed by atoms with Gasteiger partial charge in [-0.3, -0.25) is 0 Å². The highest BCUT2D eigenvalue weighted by atomic mass is 19.1. The summed E-state index contributed by atoms with van der Waals surface area (Å²) in [5, 5.41) is 9.35. The van der Waals surface area contributed by atoms with E-state index in [1.54, 1.807) is 18.2 Å². The maximum Gasteiger partial charge on any atom is 0.126 e. The summed E-state index contributed by atoms with van der Waals surface area (Å²) in [5.74, 6) is -0.630. The van der Waals surface area contributed by atoms with Crippen LogP contribution in [0.1, 0.15) is 17.0 Å². The van der Waals surface area contributed by atoms with Gasteiger partial charge in [0.25, 0.3) is 0 Å². The van der Waals surface area contributed by atoms with Gasteiger partial charge in [-0.25, -0.2) is 4.39 Å². The number of aliphatic hydroxyl groups excluding tert-OH is 1. The number of benzene rings is 2. The second-order valence-electron chi connectivity index (χ2n) is 4.40. The predicted molar refractivity (Wildman–Crippen MR) is 72.3 cm³/mol. The van der Waals surface area contributed by atoms with Gasteiger partial charge in [-0.1, -0.05) is 48.5 Å². The first kappa shape index (κ1) is 13.7. The van der Waals surface area contributed by atoms with Crippen molar-refractivity contribution >= 4 is 0 Å². The van der Waals surface area contributed by atoms with Gasteiger partial charge >= 0.3 is 0 Å². The fourth-order valence-corrected chi connectivity index (χ4v) is 1.94. The van der Waals surface area contributed by atoms with Crippen molar-refractivity contribution in [2.24, 2.45) is 0 Å². The van der Waals surface area contributed by atoms with Gasteiger partial charge in [0, 0.05) is 5.92 Å². The maximum absolute atomic E-state index is 13.6. The summed E-state index contributed by atoms with van der Waals surface area (Å²) in [6.07, 6.45) is 0. The van der Waals surface area contributed by atoms with Crippen LogP contribution in [0.25, 0.3) is 0 Å². The molecule has 2 aromatic carbocycles. The molecule has 1 N–H and O–H groups in total. The number of halogens is 1. The molecule has 100 valence electrons. The molecule has 0 aliphatic carbocycles. The van der Waals surface area contributed by atoms with Crippen LogP contribution >= 0.6 is 0 Å². The molecule has 2 nitrogen and oxygen atoms in total. The van der Waals surface area contributed by atoms with Gasteiger partial charge in [-0.05, 0) is 17.2 Å². The Morgan fingerprint density at radius 3 is 2.37 bits per heavy atom. The molecule has 0 amide bonds. The van der Waals surface area contributed by atoms with Crippen molar-refractivity contribution in [2.45, 2.75) is 12.5 Å². The molecule has 0 aromatic heterocycles. The van der Waals surface area contributed by atoms with Crippen molar-refractivity contribution in [3.63, 3.8) is 0 Å². The van der Waals surface area contributed by atoms with E-state index in [-0.39, 0.29) is 18.3 Å². The highest BCUT2D eigenvalue weighted by Crippen LogP contribution is 2.19. The van der Waals surface area contributed by atoms with Gasteiger partial charge in [0.05, 0.1) is 19.8 Å². The molecule has 0 bridgehead atoms. The van der Waals surface area contributed by atoms with E-state index in [0.29, 0.717) is 18.8 Å². The molecule has 0 heterocycles. The Bertz CT molecular complexity index is 499. The minimum Gasteiger partial charge on any atom is -0.396 e. The Morgan fingerprint density at radius 2 is 1.68 bits per heavy atom. The third-order valence-corrected chi connectivity index (χ3v) is 3.00. The normalized spacial score (nSPS) is 12.3. The zero-order chi connectivity index (χ0) is 13.5. The predicted octanol–water partition coefficient (Wildman–Crippen LogP) is 3.12. The van der Waals surface area contributed by atoms with Crippen LogP contribution in [0.4, 0.5) is 4.39 Å². The molecule has 1 unspecified atom stereocenters. The molecule has 3 heteroatoms. The fourth-order valence-electron chi connectivity index (χ4n) is 1.94. The minimum absolute atomic E-state index is 0.129. The Morgan fingerprint density at radius 1 is 1.00 bits per heavy atom. The molecule has 1 atom stereocenters. The molecule has 0 saturated carbocycles. The van der Waals surface area contributed by atoms with Crippen LogP contribution in [-0.4, -0.2) is 18.3 Å². The van der Waals surface area contributed by atoms with Crippen molar-refractivity contribution in [2.75, 3.05) is 13.2 Å². The third kappa shape index (κ3) is 3.88. The van der Waals surface area contributed by atoms with E-state index < -0.39 is 0 Å². The van der Waals surface area contributed by atoms with E-state index in [2.05, 4.69) is 0 Å². The van der Waals surface area contributed by atoms with Gasteiger partial charge in [-0.2, -0.15) is 0 Å². The number of ether oxygens (including phenoxy) is 1. The lowest BCUT2D eigenvalue weighted by atomic mass is 10.0. The topological polar surface area (TPSA) is 29.5 Å². The van der Waals surface area contributed by atoms with Crippen LogP contribution in [0, 0.1) is 5.82 Å². The number of aliphatic hydroxyl groups is 1. The Balaban J connectivity index is 1.92. The van der Waals surface area contributed by atoms with Gasteiger partial charge in [-0.15, -0.1) is 0 Å². The van der Waals surface area contributed by atoms with Gasteiger partial charge in [0.2, 0.25) is 0 Å². The van der Waals surface area contributed by atoms with Crippen LogP contribution in [0.15, 0.2) is 54.6 Å². The highest BCUT2D eigenvalue weighted by molar-refractivity contribution is 5.22. The number of rotatable bonds is 6. The molecule has 0 fully saturated rings. The first-order valence-corrected chi connectivity index (χ1v) is 6.28. The quantitative estimate of drug-likeness (QED) is 0.864. The summed E-state index contributed by atoms with van der Waals surface area (Å²) < 4.78 is 19.2. The molecule has 0 aliphatic rings. The number of hydrogen-bond donors (Lipinski definition) is 1. The monoisotopic (exact) mass is 260 g/mol. The van der Waals surface area contributed by atoms with E-state index in [1.165, 1.54) is 6.07 Å². The molecular weight excluding hydrogens is 243 g/mol. The molecule has 0 saturated heterocycles. The molecule has 0 radical (unpaired) electrons. The summed E-state index contributed by atoms with van der Waals surface area (Å²) in [4.78, 5) is 0. The van der Waals surface area contributed by atoms with Gasteiger partial charge < -0.3 is 9.84 Å². The van der Waals surface area contributed by atoms with Crippen LogP contribution < -0.4 is 0 Å². The Kier molecular flexibility index (Phi) is 5.07. The first-order valence-electron chi connectivity index (χ1n) is 6.28. The maximum atomic E-state index is 13.6. The second-order valence-corrected chi connectivity index (χ2v) is 4.40. The van der Waals surface area contributed by atoms with Crippen molar-refractivity contribution in [1.82, 2.24) is 0 Å². The highest BCUT2D eigenvalue weighted by Gasteiger charge is 2.14. The van der Waals surface area contributed by atoms with Gasteiger partial charge in [0.1, 0.15) is 5.82 Å². The lowest BCUT2D eigenvalue weighted by molar-refractivity contribution is 0.0872. The van der Waals surface area contributed by atoms with Crippen LogP contribution in [-0.2, 0) is 11.3 Å². The van der Waals surface area contributed by atoms with Crippen molar-refractivity contribution < 1.29 is 14.2 Å². The zero-order valence-electron chi connectivity index (χ0n) is 10.6. The summed E-state index contributed by atoms with van der Waals surface area (Å²) in [5.41, 5.74) is 1.56. The zero-order valence-corrected chi connectivity index (χ0v) is 10.6. The summed E-state index contributed by atoms with van der Waals surface area (Å²) in [7, 11) is 0. The van der Waals surface area contributed by atoms with Crippen molar-refractivity contribution in [3.8, 4) is 0 Å². The Labute approximate surface area is 112 Å². The smallest absolute Gasteiger partial charge is 0.126 e. The Hall–Kier alpha value is -1.71. The van der Waals surface area contributed by atoms with Crippen LogP contribution in [0.3, 0.4) is 0 Å². The molecule has 0 aliphatic heterocycles. The van der Waals surface area contributed by atoms with E-state index in [0.717, 1.165) is 5.56 Å². The average molecular weight is 260 g/mol. The largest absolute Gasteiger partial charge is 0.396 e. The van der Waals surface area contributed by atoms with Crippen LogP contribution in [0.2, 0.25) is 0 Å². The molecule has 2 aromatic rings.